The second-order valence-corrected chi connectivity index (χ2v) is 3.83. The number of nitrogens with zero attached hydrogens (tertiary/aromatic N) is 1. The van der Waals surface area contributed by atoms with Crippen LogP contribution in [0.3, 0.4) is 0 Å². The van der Waals surface area contributed by atoms with E-state index in [2.05, 4.69) is 0 Å². The van der Waals surface area contributed by atoms with Gasteiger partial charge in [-0.3, -0.25) is 4.48 Å². The third-order valence-corrected chi connectivity index (χ3v) is 2.32. The molecule has 16 heavy (non-hydrogen) atoms. The lowest BCUT2D eigenvalue weighted by molar-refractivity contribution is -0.951. The van der Waals surface area contributed by atoms with Gasteiger partial charge in [0.15, 0.2) is 13.5 Å². The Balaban J connectivity index is 0.000000385. The molecule has 0 atom stereocenters. The Labute approximate surface area is 93.0 Å². The number of ether oxygens (including phenoxy) is 2. The van der Waals surface area contributed by atoms with Crippen LogP contribution in [0, 0.1) is 0 Å². The van der Waals surface area contributed by atoms with E-state index in [-0.39, 0.29) is 0 Å². The van der Waals surface area contributed by atoms with Crippen LogP contribution in [0.4, 0.5) is 17.3 Å². The third kappa shape index (κ3) is 7.89. The molecule has 1 rings (SSSR count). The molecule has 1 fully saturated rings. The van der Waals surface area contributed by atoms with E-state index in [1.807, 2.05) is 0 Å². The van der Waals surface area contributed by atoms with Crippen LogP contribution >= 0.6 is 0 Å². The molecular formula is C8H18BF4NO2. The van der Waals surface area contributed by atoms with Gasteiger partial charge in [0, 0.05) is 27.1 Å². The molecule has 1 saturated heterocycles. The van der Waals surface area contributed by atoms with Crippen LogP contribution in [-0.2, 0) is 9.47 Å². The van der Waals surface area contributed by atoms with Gasteiger partial charge in [-0.05, 0) is 0 Å². The van der Waals surface area contributed by atoms with Crippen molar-refractivity contribution in [3.8, 4) is 0 Å². The van der Waals surface area contributed by atoms with E-state index in [0.29, 0.717) is 0 Å². The average Bonchev–Trinajstić information content (AvgIpc) is 2.51. The molecule has 0 aromatic heterocycles. The van der Waals surface area contributed by atoms with Crippen LogP contribution < -0.4 is 0 Å². The summed E-state index contributed by atoms with van der Waals surface area (Å²) in [6, 6.07) is 0. The molecule has 0 amide bonds. The van der Waals surface area contributed by atoms with Gasteiger partial charge in [0.25, 0.3) is 0 Å². The molecule has 0 unspecified atom stereocenters. The Morgan fingerprint density at radius 1 is 0.938 bits per heavy atom. The smallest absolute Gasteiger partial charge is 0.418 e. The van der Waals surface area contributed by atoms with Crippen molar-refractivity contribution in [3.05, 3.63) is 0 Å². The molecule has 1 heterocycles. The fourth-order valence-electron chi connectivity index (χ4n) is 1.85. The molecule has 8 heteroatoms. The van der Waals surface area contributed by atoms with Crippen molar-refractivity contribution in [1.82, 2.24) is 0 Å². The predicted octanol–water partition coefficient (Wildman–Crippen LogP) is 2.10. The number of quaternary nitrogens is 1. The van der Waals surface area contributed by atoms with Crippen molar-refractivity contribution in [2.24, 2.45) is 0 Å². The van der Waals surface area contributed by atoms with Crippen molar-refractivity contribution >= 4 is 7.25 Å². The van der Waals surface area contributed by atoms with Gasteiger partial charge in [-0.1, -0.05) is 0 Å². The number of likely N-dealkylation sites (tertiary alicyclic amines) is 1. The molecular weight excluding hydrogens is 229 g/mol. The van der Waals surface area contributed by atoms with Gasteiger partial charge < -0.3 is 26.7 Å². The second kappa shape index (κ2) is 7.08. The molecule has 0 spiro atoms. The number of halogens is 4. The topological polar surface area (TPSA) is 18.5 Å². The average molecular weight is 247 g/mol. The molecule has 3 nitrogen and oxygen atoms in total. The van der Waals surface area contributed by atoms with E-state index in [4.69, 9.17) is 9.47 Å². The maximum Gasteiger partial charge on any atom is 0.673 e. The van der Waals surface area contributed by atoms with Crippen molar-refractivity contribution in [1.29, 1.82) is 0 Å². The SMILES string of the molecule is COC[N+]1(COC)CCCC1.F[B-](F)(F)F. The van der Waals surface area contributed by atoms with Crippen molar-refractivity contribution in [3.63, 3.8) is 0 Å². The van der Waals surface area contributed by atoms with E-state index < -0.39 is 7.25 Å². The number of hydrogen-bond acceptors (Lipinski definition) is 2. The molecule has 1 aliphatic rings. The maximum atomic E-state index is 9.75. The van der Waals surface area contributed by atoms with E-state index in [9.17, 15) is 17.3 Å². The summed E-state index contributed by atoms with van der Waals surface area (Å²) in [6.45, 7) is 4.02. The summed E-state index contributed by atoms with van der Waals surface area (Å²) in [5.41, 5.74) is 0. The summed E-state index contributed by atoms with van der Waals surface area (Å²) in [4.78, 5) is 0. The van der Waals surface area contributed by atoms with Crippen LogP contribution in [0.15, 0.2) is 0 Å². The Morgan fingerprint density at radius 3 is 1.50 bits per heavy atom. The summed E-state index contributed by atoms with van der Waals surface area (Å²) < 4.78 is 50.3. The lowest BCUT2D eigenvalue weighted by Gasteiger charge is -2.31. The first-order valence-electron chi connectivity index (χ1n) is 5.03. The lowest BCUT2D eigenvalue weighted by atomic mass is 10.3. The van der Waals surface area contributed by atoms with Gasteiger partial charge in [-0.2, -0.15) is 0 Å². The van der Waals surface area contributed by atoms with Crippen LogP contribution in [0.1, 0.15) is 12.8 Å². The first kappa shape index (κ1) is 15.7. The Hall–Kier alpha value is -0.335. The van der Waals surface area contributed by atoms with Crippen LogP contribution in [-0.4, -0.2) is 52.5 Å². The normalized spacial score (nSPS) is 19.1. The minimum atomic E-state index is -6.00. The molecule has 0 N–H and O–H groups in total. The van der Waals surface area contributed by atoms with E-state index >= 15 is 0 Å². The zero-order chi connectivity index (χ0) is 12.7. The van der Waals surface area contributed by atoms with Crippen LogP contribution in [0.25, 0.3) is 0 Å². The van der Waals surface area contributed by atoms with Gasteiger partial charge in [0.1, 0.15) is 0 Å². The van der Waals surface area contributed by atoms with Gasteiger partial charge in [-0.25, -0.2) is 0 Å². The summed E-state index contributed by atoms with van der Waals surface area (Å²) >= 11 is 0. The highest BCUT2D eigenvalue weighted by atomic mass is 19.5. The monoisotopic (exact) mass is 247 g/mol. The van der Waals surface area contributed by atoms with E-state index in [1.165, 1.54) is 25.9 Å². The van der Waals surface area contributed by atoms with Gasteiger partial charge in [0.2, 0.25) is 0 Å². The molecule has 0 radical (unpaired) electrons. The Bertz CT molecular complexity index is 171. The number of hydrogen-bond donors (Lipinski definition) is 0. The predicted molar refractivity (Wildman–Crippen MR) is 53.2 cm³/mol. The minimum Gasteiger partial charge on any atom is -0.418 e. The first-order chi connectivity index (χ1) is 7.33. The largest absolute Gasteiger partial charge is 0.673 e. The summed E-state index contributed by atoms with van der Waals surface area (Å²) in [7, 11) is -2.48. The minimum absolute atomic E-state index is 0.799. The highest BCUT2D eigenvalue weighted by Gasteiger charge is 2.31. The Kier molecular flexibility index (Phi) is 6.93. The van der Waals surface area contributed by atoms with E-state index in [1.54, 1.807) is 14.2 Å². The first-order valence-corrected chi connectivity index (χ1v) is 5.03. The van der Waals surface area contributed by atoms with Crippen molar-refractivity contribution < 1.29 is 31.2 Å². The summed E-state index contributed by atoms with van der Waals surface area (Å²) in [5, 5.41) is 0. The van der Waals surface area contributed by atoms with Crippen molar-refractivity contribution in [2.45, 2.75) is 12.8 Å². The molecule has 0 aliphatic carbocycles. The highest BCUT2D eigenvalue weighted by molar-refractivity contribution is 6.50. The van der Waals surface area contributed by atoms with Crippen molar-refractivity contribution in [2.75, 3.05) is 40.8 Å². The summed E-state index contributed by atoms with van der Waals surface area (Å²) in [5.74, 6) is 0. The number of methoxy groups -OCH3 is 2. The zero-order valence-electron chi connectivity index (χ0n) is 9.60. The fraction of sp³-hybridized carbons (Fsp3) is 1.00. The van der Waals surface area contributed by atoms with Gasteiger partial charge >= 0.3 is 7.25 Å². The maximum absolute atomic E-state index is 9.75. The van der Waals surface area contributed by atoms with Gasteiger partial charge in [-0.15, -0.1) is 0 Å². The number of rotatable bonds is 4. The molecule has 98 valence electrons. The molecule has 0 bridgehead atoms. The van der Waals surface area contributed by atoms with Gasteiger partial charge in [0.05, 0.1) is 13.1 Å². The summed E-state index contributed by atoms with van der Waals surface area (Å²) in [6.07, 6.45) is 2.62. The molecule has 0 aromatic rings. The van der Waals surface area contributed by atoms with Crippen LogP contribution in [0.2, 0.25) is 0 Å². The standard InChI is InChI=1S/C8H18NO2.BF4/c1-10-7-9(8-11-2)5-3-4-6-9;2-1(3,4)5/h3-8H2,1-2H3;/q+1;-1. The molecule has 0 aromatic carbocycles. The lowest BCUT2D eigenvalue weighted by Crippen LogP contribution is -2.47. The van der Waals surface area contributed by atoms with Crippen LogP contribution in [0.5, 0.6) is 0 Å². The van der Waals surface area contributed by atoms with E-state index in [0.717, 1.165) is 17.9 Å². The quantitative estimate of drug-likeness (QED) is 0.430. The Morgan fingerprint density at radius 2 is 1.25 bits per heavy atom. The fourth-order valence-corrected chi connectivity index (χ4v) is 1.85. The molecule has 0 saturated carbocycles. The third-order valence-electron chi connectivity index (χ3n) is 2.32. The second-order valence-electron chi connectivity index (χ2n) is 3.83. The highest BCUT2D eigenvalue weighted by Crippen LogP contribution is 2.18. The zero-order valence-corrected chi connectivity index (χ0v) is 9.60. The molecule has 1 aliphatic heterocycles.